The van der Waals surface area contributed by atoms with Gasteiger partial charge in [0.25, 0.3) is 5.91 Å². The Morgan fingerprint density at radius 3 is 2.16 bits per heavy atom. The van der Waals surface area contributed by atoms with Gasteiger partial charge in [-0.25, -0.2) is 8.78 Å². The maximum absolute atomic E-state index is 13.8. The lowest BCUT2D eigenvalue weighted by Crippen LogP contribution is -2.60. The second-order valence-electron chi connectivity index (χ2n) is 6.93. The minimum absolute atomic E-state index is 0.0488. The molecule has 0 bridgehead atoms. The van der Waals surface area contributed by atoms with E-state index >= 15 is 0 Å². The van der Waals surface area contributed by atoms with E-state index in [1.807, 2.05) is 0 Å². The van der Waals surface area contributed by atoms with Crippen molar-refractivity contribution >= 4 is 11.8 Å². The molecule has 1 heterocycles. The number of amides is 2. The van der Waals surface area contributed by atoms with E-state index in [0.717, 1.165) is 31.4 Å². The number of nitrogens with two attached hydrogens (primary N) is 1. The predicted molar refractivity (Wildman–Crippen MR) is 88.8 cm³/mol. The Morgan fingerprint density at radius 2 is 1.56 bits per heavy atom. The smallest absolute Gasteiger partial charge is 0.256 e. The number of piperazine rings is 1. The quantitative estimate of drug-likeness (QED) is 0.885. The maximum atomic E-state index is 13.8. The molecule has 1 saturated heterocycles. The summed E-state index contributed by atoms with van der Waals surface area (Å²) in [6.45, 7) is 1.40. The first-order valence-corrected chi connectivity index (χ1v) is 8.73. The molecule has 2 fully saturated rings. The van der Waals surface area contributed by atoms with Crippen molar-refractivity contribution in [3.63, 3.8) is 0 Å². The molecule has 1 aliphatic carbocycles. The van der Waals surface area contributed by atoms with E-state index in [9.17, 15) is 18.4 Å². The Kier molecular flexibility index (Phi) is 5.03. The summed E-state index contributed by atoms with van der Waals surface area (Å²) in [4.78, 5) is 28.3. The number of rotatable bonds is 2. The Hall–Kier alpha value is -2.02. The second kappa shape index (κ2) is 7.07. The third kappa shape index (κ3) is 3.66. The number of halogens is 2. The van der Waals surface area contributed by atoms with Gasteiger partial charge in [0.15, 0.2) is 0 Å². The topological polar surface area (TPSA) is 66.6 Å². The summed E-state index contributed by atoms with van der Waals surface area (Å²) in [5.74, 6) is -2.12. The van der Waals surface area contributed by atoms with Crippen LogP contribution in [0.3, 0.4) is 0 Å². The molecule has 0 radical (unpaired) electrons. The molecule has 2 aliphatic rings. The van der Waals surface area contributed by atoms with Crippen molar-refractivity contribution in [2.24, 2.45) is 5.73 Å². The highest BCUT2D eigenvalue weighted by molar-refractivity contribution is 5.94. The Balaban J connectivity index is 1.61. The molecule has 0 unspecified atom stereocenters. The van der Waals surface area contributed by atoms with E-state index in [-0.39, 0.29) is 11.5 Å². The Labute approximate surface area is 145 Å². The highest BCUT2D eigenvalue weighted by atomic mass is 19.1. The zero-order valence-electron chi connectivity index (χ0n) is 14.1. The molecule has 0 atom stereocenters. The molecule has 1 aliphatic heterocycles. The number of carbonyl (C=O) groups excluding carboxylic acids is 2. The van der Waals surface area contributed by atoms with Gasteiger partial charge >= 0.3 is 0 Å². The number of hydrogen-bond acceptors (Lipinski definition) is 3. The van der Waals surface area contributed by atoms with Crippen LogP contribution in [0.2, 0.25) is 0 Å². The van der Waals surface area contributed by atoms with Crippen LogP contribution < -0.4 is 5.73 Å². The van der Waals surface area contributed by atoms with E-state index in [1.54, 1.807) is 4.90 Å². The van der Waals surface area contributed by atoms with Crippen molar-refractivity contribution in [2.75, 3.05) is 26.2 Å². The van der Waals surface area contributed by atoms with E-state index in [0.29, 0.717) is 45.1 Å². The van der Waals surface area contributed by atoms with Crippen molar-refractivity contribution in [1.29, 1.82) is 0 Å². The van der Waals surface area contributed by atoms with Gasteiger partial charge < -0.3 is 15.5 Å². The van der Waals surface area contributed by atoms with Gasteiger partial charge in [-0.2, -0.15) is 0 Å². The van der Waals surface area contributed by atoms with E-state index in [2.05, 4.69) is 0 Å². The lowest BCUT2D eigenvalue weighted by Gasteiger charge is -2.41. The summed E-state index contributed by atoms with van der Waals surface area (Å²) in [7, 11) is 0. The molecule has 3 rings (SSSR count). The molecule has 1 aromatic rings. The van der Waals surface area contributed by atoms with Crippen molar-refractivity contribution < 1.29 is 18.4 Å². The van der Waals surface area contributed by atoms with Gasteiger partial charge in [0.1, 0.15) is 11.6 Å². The highest BCUT2D eigenvalue weighted by Gasteiger charge is 2.39. The van der Waals surface area contributed by atoms with E-state index < -0.39 is 23.1 Å². The second-order valence-corrected chi connectivity index (χ2v) is 6.93. The third-order valence-electron chi connectivity index (χ3n) is 5.19. The van der Waals surface area contributed by atoms with Crippen LogP contribution in [0.25, 0.3) is 0 Å². The van der Waals surface area contributed by atoms with Gasteiger partial charge in [-0.1, -0.05) is 19.3 Å². The van der Waals surface area contributed by atoms with Crippen LogP contribution in [0.1, 0.15) is 42.5 Å². The first-order chi connectivity index (χ1) is 11.9. The molecule has 5 nitrogen and oxygen atoms in total. The van der Waals surface area contributed by atoms with Crippen LogP contribution in [-0.2, 0) is 4.79 Å². The molecule has 0 aromatic heterocycles. The SMILES string of the molecule is NC1(C(=O)N2CCN(C(=O)c3ccc(F)cc3F)CC2)CCCCC1. The van der Waals surface area contributed by atoms with Crippen molar-refractivity contribution in [1.82, 2.24) is 9.80 Å². The van der Waals surface area contributed by atoms with Gasteiger partial charge in [0, 0.05) is 32.2 Å². The minimum atomic E-state index is -0.869. The number of carbonyl (C=O) groups is 2. The molecule has 2 amide bonds. The zero-order chi connectivity index (χ0) is 18.0. The number of nitrogens with zero attached hydrogens (tertiary/aromatic N) is 2. The fourth-order valence-corrected chi connectivity index (χ4v) is 3.66. The largest absolute Gasteiger partial charge is 0.338 e. The summed E-state index contributed by atoms with van der Waals surface area (Å²) < 4.78 is 26.8. The van der Waals surface area contributed by atoms with E-state index in [4.69, 9.17) is 5.73 Å². The van der Waals surface area contributed by atoms with Crippen LogP contribution in [0.15, 0.2) is 18.2 Å². The van der Waals surface area contributed by atoms with Gasteiger partial charge in [0.2, 0.25) is 5.91 Å². The third-order valence-corrected chi connectivity index (χ3v) is 5.19. The van der Waals surface area contributed by atoms with Crippen LogP contribution in [0.5, 0.6) is 0 Å². The molecule has 7 heteroatoms. The van der Waals surface area contributed by atoms with Crippen molar-refractivity contribution in [3.8, 4) is 0 Å². The van der Waals surface area contributed by atoms with Crippen LogP contribution in [0.4, 0.5) is 8.78 Å². The van der Waals surface area contributed by atoms with Gasteiger partial charge in [-0.05, 0) is 25.0 Å². The maximum Gasteiger partial charge on any atom is 0.256 e. The first-order valence-electron chi connectivity index (χ1n) is 8.73. The van der Waals surface area contributed by atoms with Crippen molar-refractivity contribution in [3.05, 3.63) is 35.4 Å². The average molecular weight is 351 g/mol. The van der Waals surface area contributed by atoms with Gasteiger partial charge in [-0.15, -0.1) is 0 Å². The fourth-order valence-electron chi connectivity index (χ4n) is 3.66. The number of hydrogen-bond donors (Lipinski definition) is 1. The summed E-state index contributed by atoms with van der Waals surface area (Å²) in [5, 5.41) is 0. The highest BCUT2D eigenvalue weighted by Crippen LogP contribution is 2.28. The van der Waals surface area contributed by atoms with Crippen molar-refractivity contribution in [2.45, 2.75) is 37.6 Å². The first kappa shape index (κ1) is 17.8. The predicted octanol–water partition coefficient (Wildman–Crippen LogP) is 1.91. The van der Waals surface area contributed by atoms with Crippen LogP contribution in [0, 0.1) is 11.6 Å². The summed E-state index contributed by atoms with van der Waals surface area (Å²) in [5.41, 5.74) is 5.36. The van der Waals surface area contributed by atoms with E-state index in [1.165, 1.54) is 4.90 Å². The lowest BCUT2D eigenvalue weighted by molar-refractivity contribution is -0.139. The number of benzene rings is 1. The minimum Gasteiger partial charge on any atom is -0.338 e. The molecular weight excluding hydrogens is 328 g/mol. The van der Waals surface area contributed by atoms with Crippen LogP contribution >= 0.6 is 0 Å². The molecule has 2 N–H and O–H groups in total. The molecule has 1 saturated carbocycles. The lowest BCUT2D eigenvalue weighted by atomic mass is 9.81. The Bertz CT molecular complexity index is 666. The molecule has 1 aromatic carbocycles. The molecule has 25 heavy (non-hydrogen) atoms. The molecular formula is C18H23F2N3O2. The standard InChI is InChI=1S/C18H23F2N3O2/c19-13-4-5-14(15(20)12-13)16(24)22-8-10-23(11-9-22)17(25)18(21)6-2-1-3-7-18/h4-5,12H,1-3,6-11,21H2. The fraction of sp³-hybridized carbons (Fsp3) is 0.556. The summed E-state index contributed by atoms with van der Waals surface area (Å²) in [6, 6.07) is 2.92. The average Bonchev–Trinajstić information content (AvgIpc) is 2.61. The normalized spacial score (nSPS) is 20.4. The molecule has 136 valence electrons. The summed E-state index contributed by atoms with van der Waals surface area (Å²) >= 11 is 0. The van der Waals surface area contributed by atoms with Gasteiger partial charge in [-0.3, -0.25) is 9.59 Å². The van der Waals surface area contributed by atoms with Gasteiger partial charge in [0.05, 0.1) is 11.1 Å². The monoisotopic (exact) mass is 351 g/mol. The Morgan fingerprint density at radius 1 is 0.960 bits per heavy atom. The zero-order valence-corrected chi connectivity index (χ0v) is 14.1. The van der Waals surface area contributed by atoms with Crippen LogP contribution in [-0.4, -0.2) is 53.3 Å². The summed E-state index contributed by atoms with van der Waals surface area (Å²) in [6.07, 6.45) is 4.43. The molecule has 0 spiro atoms.